The van der Waals surface area contributed by atoms with Gasteiger partial charge in [0.25, 0.3) is 0 Å². The Hall–Kier alpha value is -1.07. The number of carbonyl (C=O) groups is 1. The van der Waals surface area contributed by atoms with Gasteiger partial charge in [-0.15, -0.1) is 0 Å². The summed E-state index contributed by atoms with van der Waals surface area (Å²) in [6.07, 6.45) is 0. The summed E-state index contributed by atoms with van der Waals surface area (Å²) in [6, 6.07) is 7.68. The molecule has 2 heterocycles. The molecule has 0 bridgehead atoms. The number of carboxylic acids is 1. The minimum Gasteiger partial charge on any atom is -0.481 e. The van der Waals surface area contributed by atoms with Gasteiger partial charge in [-0.2, -0.15) is 0 Å². The van der Waals surface area contributed by atoms with Crippen LogP contribution in [0.5, 0.6) is 0 Å². The molecule has 2 aliphatic heterocycles. The van der Waals surface area contributed by atoms with Crippen molar-refractivity contribution in [2.45, 2.75) is 6.04 Å². The number of ether oxygens (including phenoxy) is 2. The second-order valence-electron chi connectivity index (χ2n) is 8.04. The summed E-state index contributed by atoms with van der Waals surface area (Å²) in [5.74, 6) is -1.35. The average molecular weight is 499 g/mol. The molecule has 3 N–H and O–H groups in total. The Labute approximate surface area is 193 Å². The molecule has 2 fully saturated rings. The lowest BCUT2D eigenvalue weighted by Crippen LogP contribution is -2.45. The number of rotatable bonds is 12. The number of hydrogen-bond acceptors (Lipinski definition) is 7. The highest BCUT2D eigenvalue weighted by atomic mass is 79.9. The van der Waals surface area contributed by atoms with Gasteiger partial charge in [0, 0.05) is 69.4 Å². The Morgan fingerprint density at radius 1 is 0.968 bits per heavy atom. The van der Waals surface area contributed by atoms with Gasteiger partial charge in [0.05, 0.1) is 32.3 Å². The SMILES string of the molecule is O=C(O)C(CNCCN1CCOCC1)C(NCCN1CCOCC1)c1ccc(Br)cc1. The van der Waals surface area contributed by atoms with Crippen molar-refractivity contribution in [3.63, 3.8) is 0 Å². The summed E-state index contributed by atoms with van der Waals surface area (Å²) in [5.41, 5.74) is 0.993. The smallest absolute Gasteiger partial charge is 0.309 e. The molecule has 31 heavy (non-hydrogen) atoms. The Balaban J connectivity index is 1.56. The summed E-state index contributed by atoms with van der Waals surface area (Å²) < 4.78 is 11.8. The zero-order valence-electron chi connectivity index (χ0n) is 18.1. The maximum atomic E-state index is 12.2. The van der Waals surface area contributed by atoms with Crippen molar-refractivity contribution in [1.82, 2.24) is 20.4 Å². The van der Waals surface area contributed by atoms with Gasteiger partial charge >= 0.3 is 5.97 Å². The molecule has 1 aromatic rings. The summed E-state index contributed by atoms with van der Waals surface area (Å²) in [6.45, 7) is 10.5. The highest BCUT2D eigenvalue weighted by Crippen LogP contribution is 2.24. The van der Waals surface area contributed by atoms with E-state index in [1.807, 2.05) is 24.3 Å². The number of benzene rings is 1. The number of aliphatic carboxylic acids is 1. The number of carboxylic acid groups (broad SMARTS) is 1. The molecule has 2 aliphatic rings. The lowest BCUT2D eigenvalue weighted by molar-refractivity contribution is -0.142. The Bertz CT molecular complexity index is 651. The van der Waals surface area contributed by atoms with Crippen LogP contribution in [0.25, 0.3) is 0 Å². The van der Waals surface area contributed by atoms with Crippen LogP contribution in [0.4, 0.5) is 0 Å². The molecule has 0 amide bonds. The van der Waals surface area contributed by atoms with Crippen LogP contribution in [-0.2, 0) is 14.3 Å². The van der Waals surface area contributed by atoms with E-state index in [0.717, 1.165) is 88.8 Å². The standard InChI is InChI=1S/C22H35BrN4O4/c23-19-3-1-18(2-4-19)21(25-6-8-27-11-15-31-16-12-27)20(22(28)29)17-24-5-7-26-9-13-30-14-10-26/h1-4,20-21,24-25H,5-17H2,(H,28,29). The van der Waals surface area contributed by atoms with Gasteiger partial charge in [-0.25, -0.2) is 0 Å². The highest BCUT2D eigenvalue weighted by Gasteiger charge is 2.29. The van der Waals surface area contributed by atoms with Crippen molar-refractivity contribution in [3.05, 3.63) is 34.3 Å². The molecule has 0 aromatic heterocycles. The fraction of sp³-hybridized carbons (Fsp3) is 0.682. The number of hydrogen-bond donors (Lipinski definition) is 3. The van der Waals surface area contributed by atoms with E-state index >= 15 is 0 Å². The number of nitrogens with zero attached hydrogens (tertiary/aromatic N) is 2. The first-order valence-corrected chi connectivity index (χ1v) is 12.0. The van der Waals surface area contributed by atoms with E-state index in [4.69, 9.17) is 9.47 Å². The molecule has 2 atom stereocenters. The molecular weight excluding hydrogens is 464 g/mol. The number of morpholine rings is 2. The van der Waals surface area contributed by atoms with Crippen LogP contribution in [0.1, 0.15) is 11.6 Å². The maximum Gasteiger partial charge on any atom is 0.309 e. The van der Waals surface area contributed by atoms with E-state index in [1.54, 1.807) is 0 Å². The van der Waals surface area contributed by atoms with E-state index in [-0.39, 0.29) is 6.04 Å². The van der Waals surface area contributed by atoms with E-state index in [9.17, 15) is 9.90 Å². The summed E-state index contributed by atoms with van der Waals surface area (Å²) >= 11 is 3.47. The van der Waals surface area contributed by atoms with E-state index in [2.05, 4.69) is 36.4 Å². The third-order valence-corrected chi connectivity index (χ3v) is 6.45. The minimum atomic E-state index is -0.786. The average Bonchev–Trinajstić information content (AvgIpc) is 2.79. The van der Waals surface area contributed by atoms with Crippen LogP contribution < -0.4 is 10.6 Å². The van der Waals surface area contributed by atoms with Gasteiger partial charge in [-0.1, -0.05) is 28.1 Å². The Morgan fingerprint density at radius 3 is 2.06 bits per heavy atom. The zero-order chi connectivity index (χ0) is 21.9. The van der Waals surface area contributed by atoms with Gasteiger partial charge < -0.3 is 25.2 Å². The van der Waals surface area contributed by atoms with Crippen molar-refractivity contribution in [2.24, 2.45) is 5.92 Å². The third kappa shape index (κ3) is 8.42. The van der Waals surface area contributed by atoms with Crippen molar-refractivity contribution >= 4 is 21.9 Å². The van der Waals surface area contributed by atoms with E-state index < -0.39 is 11.9 Å². The first-order chi connectivity index (χ1) is 15.1. The molecule has 2 unspecified atom stereocenters. The van der Waals surface area contributed by atoms with Crippen LogP contribution >= 0.6 is 15.9 Å². The quantitative estimate of drug-likeness (QED) is 0.368. The second-order valence-corrected chi connectivity index (χ2v) is 8.96. The molecule has 0 spiro atoms. The summed E-state index contributed by atoms with van der Waals surface area (Å²) in [5, 5.41) is 16.9. The van der Waals surface area contributed by atoms with Crippen LogP contribution in [0.15, 0.2) is 28.7 Å². The van der Waals surface area contributed by atoms with Gasteiger partial charge in [-0.3, -0.25) is 14.6 Å². The molecule has 1 aromatic carbocycles. The van der Waals surface area contributed by atoms with Crippen LogP contribution in [-0.4, -0.2) is 106 Å². The van der Waals surface area contributed by atoms with Crippen molar-refractivity contribution in [2.75, 3.05) is 85.3 Å². The molecular formula is C22H35BrN4O4. The van der Waals surface area contributed by atoms with Crippen LogP contribution in [0.3, 0.4) is 0 Å². The minimum absolute atomic E-state index is 0.262. The lowest BCUT2D eigenvalue weighted by atomic mass is 9.92. The van der Waals surface area contributed by atoms with Crippen molar-refractivity contribution in [3.8, 4) is 0 Å². The Kier molecular flexibility index (Phi) is 10.7. The third-order valence-electron chi connectivity index (χ3n) is 5.92. The monoisotopic (exact) mass is 498 g/mol. The fourth-order valence-electron chi connectivity index (χ4n) is 4.03. The zero-order valence-corrected chi connectivity index (χ0v) is 19.7. The molecule has 3 rings (SSSR count). The highest BCUT2D eigenvalue weighted by molar-refractivity contribution is 9.10. The summed E-state index contributed by atoms with van der Waals surface area (Å²) in [4.78, 5) is 16.9. The molecule has 174 valence electrons. The normalized spacial score (nSPS) is 20.4. The molecule has 2 saturated heterocycles. The van der Waals surface area contributed by atoms with Crippen molar-refractivity contribution in [1.29, 1.82) is 0 Å². The fourth-order valence-corrected chi connectivity index (χ4v) is 4.30. The first kappa shape index (κ1) is 24.6. The topological polar surface area (TPSA) is 86.3 Å². The molecule has 0 aliphatic carbocycles. The van der Waals surface area contributed by atoms with Crippen molar-refractivity contribution < 1.29 is 19.4 Å². The van der Waals surface area contributed by atoms with Crippen LogP contribution in [0.2, 0.25) is 0 Å². The van der Waals surface area contributed by atoms with E-state index in [0.29, 0.717) is 6.54 Å². The molecule has 0 radical (unpaired) electrons. The van der Waals surface area contributed by atoms with Gasteiger partial charge in [0.15, 0.2) is 0 Å². The van der Waals surface area contributed by atoms with Gasteiger partial charge in [-0.05, 0) is 17.7 Å². The predicted molar refractivity (Wildman–Crippen MR) is 123 cm³/mol. The van der Waals surface area contributed by atoms with Gasteiger partial charge in [0.2, 0.25) is 0 Å². The van der Waals surface area contributed by atoms with Gasteiger partial charge in [0.1, 0.15) is 0 Å². The van der Waals surface area contributed by atoms with E-state index in [1.165, 1.54) is 0 Å². The van der Waals surface area contributed by atoms with Crippen LogP contribution in [0, 0.1) is 5.92 Å². The second kappa shape index (κ2) is 13.5. The lowest BCUT2D eigenvalue weighted by Gasteiger charge is -2.30. The first-order valence-electron chi connectivity index (χ1n) is 11.2. The largest absolute Gasteiger partial charge is 0.481 e. The number of nitrogens with one attached hydrogen (secondary N) is 2. The number of halogens is 1. The maximum absolute atomic E-state index is 12.2. The summed E-state index contributed by atoms with van der Waals surface area (Å²) in [7, 11) is 0. The molecule has 8 nitrogen and oxygen atoms in total. The Morgan fingerprint density at radius 2 is 1.52 bits per heavy atom. The predicted octanol–water partition coefficient (Wildman–Crippen LogP) is 1.03. The molecule has 0 saturated carbocycles. The molecule has 9 heteroatoms.